The molecule has 1 amide bonds. The second-order valence-electron chi connectivity index (χ2n) is 4.13. The maximum absolute atomic E-state index is 12.0. The van der Waals surface area contributed by atoms with E-state index in [1.54, 1.807) is 36.4 Å². The van der Waals surface area contributed by atoms with Crippen molar-refractivity contribution in [1.29, 1.82) is 0 Å². The van der Waals surface area contributed by atoms with Crippen LogP contribution in [0.15, 0.2) is 57.5 Å². The van der Waals surface area contributed by atoms with E-state index in [9.17, 15) is 9.59 Å². The van der Waals surface area contributed by atoms with Crippen LogP contribution in [0.25, 0.3) is 0 Å². The number of benzene rings is 2. The van der Waals surface area contributed by atoms with Gasteiger partial charge >= 0.3 is 0 Å². The zero-order valence-corrected chi connectivity index (χ0v) is 13.6. The van der Waals surface area contributed by atoms with Crippen molar-refractivity contribution in [3.63, 3.8) is 0 Å². The van der Waals surface area contributed by atoms with Gasteiger partial charge in [-0.2, -0.15) is 0 Å². The first-order chi connectivity index (χ1) is 9.56. The zero-order valence-electron chi connectivity index (χ0n) is 10.4. The molecule has 2 aromatic rings. The summed E-state index contributed by atoms with van der Waals surface area (Å²) in [6, 6.07) is 14.1. The van der Waals surface area contributed by atoms with E-state index in [1.165, 1.54) is 0 Å². The van der Waals surface area contributed by atoms with E-state index in [2.05, 4.69) is 37.2 Å². The van der Waals surface area contributed by atoms with Gasteiger partial charge in [-0.05, 0) is 18.2 Å². The van der Waals surface area contributed by atoms with Crippen molar-refractivity contribution in [2.24, 2.45) is 0 Å². The molecule has 0 heterocycles. The fraction of sp³-hybridized carbons (Fsp3) is 0.0667. The van der Waals surface area contributed by atoms with E-state index >= 15 is 0 Å². The van der Waals surface area contributed by atoms with Gasteiger partial charge in [0, 0.05) is 20.1 Å². The third-order valence-corrected chi connectivity index (χ3v) is 3.55. The molecule has 102 valence electrons. The highest BCUT2D eigenvalue weighted by atomic mass is 79.9. The lowest BCUT2D eigenvalue weighted by Gasteiger charge is -2.06. The van der Waals surface area contributed by atoms with E-state index in [1.807, 2.05) is 12.1 Å². The van der Waals surface area contributed by atoms with Gasteiger partial charge in [0.25, 0.3) is 5.91 Å². The second-order valence-corrected chi connectivity index (χ2v) is 5.96. The Morgan fingerprint density at radius 2 is 1.50 bits per heavy atom. The SMILES string of the molecule is O=C(CNC(=O)c1cc(Br)cc(Br)c1)c1ccccc1. The van der Waals surface area contributed by atoms with Crippen LogP contribution in [-0.2, 0) is 0 Å². The minimum absolute atomic E-state index is 0.0209. The highest BCUT2D eigenvalue weighted by molar-refractivity contribution is 9.11. The number of carbonyl (C=O) groups is 2. The normalized spacial score (nSPS) is 10.1. The molecular weight excluding hydrogens is 386 g/mol. The number of hydrogen-bond acceptors (Lipinski definition) is 2. The van der Waals surface area contributed by atoms with Crippen LogP contribution in [0.4, 0.5) is 0 Å². The van der Waals surface area contributed by atoms with E-state index in [0.717, 1.165) is 8.95 Å². The van der Waals surface area contributed by atoms with E-state index in [0.29, 0.717) is 11.1 Å². The van der Waals surface area contributed by atoms with E-state index in [4.69, 9.17) is 0 Å². The molecule has 5 heteroatoms. The molecule has 0 fully saturated rings. The van der Waals surface area contributed by atoms with Crippen molar-refractivity contribution >= 4 is 43.6 Å². The second kappa shape index (κ2) is 6.81. The molecule has 0 saturated carbocycles. The lowest BCUT2D eigenvalue weighted by Crippen LogP contribution is -2.29. The highest BCUT2D eigenvalue weighted by Gasteiger charge is 2.10. The fourth-order valence-electron chi connectivity index (χ4n) is 1.67. The number of carbonyl (C=O) groups excluding carboxylic acids is 2. The molecule has 0 saturated heterocycles. The molecular formula is C15H11Br2NO2. The van der Waals surface area contributed by atoms with Gasteiger partial charge in [0.2, 0.25) is 0 Å². The van der Waals surface area contributed by atoms with Crippen molar-refractivity contribution in [3.8, 4) is 0 Å². The van der Waals surface area contributed by atoms with Crippen LogP contribution in [0.2, 0.25) is 0 Å². The summed E-state index contributed by atoms with van der Waals surface area (Å²) in [7, 11) is 0. The van der Waals surface area contributed by atoms with E-state index < -0.39 is 0 Å². The Balaban J connectivity index is 2.00. The predicted octanol–water partition coefficient (Wildman–Crippen LogP) is 3.82. The quantitative estimate of drug-likeness (QED) is 0.798. The van der Waals surface area contributed by atoms with Gasteiger partial charge in [0.1, 0.15) is 0 Å². The average Bonchev–Trinajstić information content (AvgIpc) is 2.44. The number of hydrogen-bond donors (Lipinski definition) is 1. The Kier molecular flexibility index (Phi) is 5.09. The minimum Gasteiger partial charge on any atom is -0.345 e. The van der Waals surface area contributed by atoms with Gasteiger partial charge in [0.05, 0.1) is 6.54 Å². The first-order valence-electron chi connectivity index (χ1n) is 5.89. The van der Waals surface area contributed by atoms with Crippen LogP contribution < -0.4 is 5.32 Å². The highest BCUT2D eigenvalue weighted by Crippen LogP contribution is 2.20. The van der Waals surface area contributed by atoms with E-state index in [-0.39, 0.29) is 18.2 Å². The van der Waals surface area contributed by atoms with Crippen molar-refractivity contribution in [3.05, 3.63) is 68.6 Å². The summed E-state index contributed by atoms with van der Waals surface area (Å²) in [5, 5.41) is 2.62. The summed E-state index contributed by atoms with van der Waals surface area (Å²) in [5.41, 5.74) is 1.08. The van der Waals surface area contributed by atoms with Gasteiger partial charge in [-0.25, -0.2) is 0 Å². The lowest BCUT2D eigenvalue weighted by atomic mass is 10.1. The third-order valence-electron chi connectivity index (χ3n) is 2.63. The number of Topliss-reactive ketones (excluding diaryl/α,β-unsaturated/α-hetero) is 1. The summed E-state index contributed by atoms with van der Waals surface area (Å²) < 4.78 is 1.60. The number of amides is 1. The fourth-order valence-corrected chi connectivity index (χ4v) is 2.97. The number of nitrogens with one attached hydrogen (secondary N) is 1. The largest absolute Gasteiger partial charge is 0.345 e. The zero-order chi connectivity index (χ0) is 14.5. The molecule has 0 spiro atoms. The molecule has 0 radical (unpaired) electrons. The molecule has 20 heavy (non-hydrogen) atoms. The first kappa shape index (κ1) is 14.9. The molecule has 2 rings (SSSR count). The average molecular weight is 397 g/mol. The lowest BCUT2D eigenvalue weighted by molar-refractivity contribution is 0.0904. The van der Waals surface area contributed by atoms with Gasteiger partial charge in [-0.3, -0.25) is 9.59 Å². The molecule has 3 nitrogen and oxygen atoms in total. The molecule has 2 aromatic carbocycles. The molecule has 0 aliphatic heterocycles. The van der Waals surface area contributed by atoms with Crippen LogP contribution in [0.5, 0.6) is 0 Å². The monoisotopic (exact) mass is 395 g/mol. The number of ketones is 1. The maximum atomic E-state index is 12.0. The Morgan fingerprint density at radius 3 is 2.10 bits per heavy atom. The minimum atomic E-state index is -0.281. The number of halogens is 2. The predicted molar refractivity (Wildman–Crippen MR) is 84.9 cm³/mol. The summed E-state index contributed by atoms with van der Waals surface area (Å²) in [6.07, 6.45) is 0. The first-order valence-corrected chi connectivity index (χ1v) is 7.47. The van der Waals surface area contributed by atoms with Crippen LogP contribution in [0.3, 0.4) is 0 Å². The molecule has 0 aliphatic carbocycles. The van der Waals surface area contributed by atoms with Gasteiger partial charge in [-0.15, -0.1) is 0 Å². The summed E-state index contributed by atoms with van der Waals surface area (Å²) in [5.74, 6) is -0.399. The molecule has 0 atom stereocenters. The van der Waals surface area contributed by atoms with Crippen LogP contribution >= 0.6 is 31.9 Å². The third kappa shape index (κ3) is 4.02. The van der Waals surface area contributed by atoms with Crippen molar-refractivity contribution in [2.45, 2.75) is 0 Å². The summed E-state index contributed by atoms with van der Waals surface area (Å²) in [6.45, 7) is -0.0209. The summed E-state index contributed by atoms with van der Waals surface area (Å²) in [4.78, 5) is 23.9. The van der Waals surface area contributed by atoms with Crippen LogP contribution in [0, 0.1) is 0 Å². The molecule has 1 N–H and O–H groups in total. The Labute approximate surface area is 133 Å². The van der Waals surface area contributed by atoms with Gasteiger partial charge < -0.3 is 5.32 Å². The number of rotatable bonds is 4. The molecule has 0 aromatic heterocycles. The molecule has 0 aliphatic rings. The maximum Gasteiger partial charge on any atom is 0.251 e. The van der Waals surface area contributed by atoms with Gasteiger partial charge in [0.15, 0.2) is 5.78 Å². The summed E-state index contributed by atoms with van der Waals surface area (Å²) >= 11 is 6.64. The molecule has 0 bridgehead atoms. The van der Waals surface area contributed by atoms with Crippen molar-refractivity contribution in [1.82, 2.24) is 5.32 Å². The Morgan fingerprint density at radius 1 is 0.900 bits per heavy atom. The van der Waals surface area contributed by atoms with Crippen molar-refractivity contribution < 1.29 is 9.59 Å². The van der Waals surface area contributed by atoms with Crippen molar-refractivity contribution in [2.75, 3.05) is 6.54 Å². The molecule has 0 unspecified atom stereocenters. The Bertz CT molecular complexity index is 621. The van der Waals surface area contributed by atoms with Crippen LogP contribution in [-0.4, -0.2) is 18.2 Å². The topological polar surface area (TPSA) is 46.2 Å². The van der Waals surface area contributed by atoms with Crippen LogP contribution in [0.1, 0.15) is 20.7 Å². The standard InChI is InChI=1S/C15H11Br2NO2/c16-12-6-11(7-13(17)8-12)15(20)18-9-14(19)10-4-2-1-3-5-10/h1-8H,9H2,(H,18,20). The van der Waals surface area contributed by atoms with Gasteiger partial charge in [-0.1, -0.05) is 62.2 Å². The Hall–Kier alpha value is -1.46. The smallest absolute Gasteiger partial charge is 0.251 e.